The second kappa shape index (κ2) is 9.88. The fourth-order valence-corrected chi connectivity index (χ4v) is 13.4. The van der Waals surface area contributed by atoms with E-state index in [-0.39, 0.29) is 13.2 Å². The highest BCUT2D eigenvalue weighted by Crippen LogP contribution is 2.54. The highest BCUT2D eigenvalue weighted by Gasteiger charge is 2.65. The highest BCUT2D eigenvalue weighted by atomic mass is 28.3. The molecule has 0 N–H and O–H groups in total. The van der Waals surface area contributed by atoms with Crippen molar-refractivity contribution in [1.82, 2.24) is 0 Å². The number of esters is 3. The average Bonchev–Trinajstić information content (AvgIpc) is 2.69. The molecular formula is C24H40O6Si. The first kappa shape index (κ1) is 25.6. The molecule has 2 rings (SSSR count). The van der Waals surface area contributed by atoms with Crippen LogP contribution in [0, 0.1) is 5.92 Å². The van der Waals surface area contributed by atoms with Gasteiger partial charge >= 0.3 is 23.5 Å². The molecule has 0 bridgehead atoms. The minimum atomic E-state index is -2.37. The summed E-state index contributed by atoms with van der Waals surface area (Å²) in [4.78, 5) is 40.1. The zero-order chi connectivity index (χ0) is 23.6. The largest absolute Gasteiger partial charge is 0.463 e. The van der Waals surface area contributed by atoms with Gasteiger partial charge in [-0.1, -0.05) is 53.5 Å². The first-order valence-corrected chi connectivity index (χ1v) is 14.1. The van der Waals surface area contributed by atoms with Gasteiger partial charge in [0.25, 0.3) is 0 Å². The van der Waals surface area contributed by atoms with Crippen LogP contribution in [0.3, 0.4) is 0 Å². The van der Waals surface area contributed by atoms with Crippen molar-refractivity contribution in [1.29, 1.82) is 0 Å². The van der Waals surface area contributed by atoms with Crippen LogP contribution in [0.25, 0.3) is 0 Å². The number of ether oxygens (including phenoxy) is 3. The summed E-state index contributed by atoms with van der Waals surface area (Å²) < 4.78 is 16.5. The van der Waals surface area contributed by atoms with Gasteiger partial charge in [0.2, 0.25) is 0 Å². The van der Waals surface area contributed by atoms with Gasteiger partial charge in [0.15, 0.2) is 0 Å². The molecule has 1 atom stereocenters. The normalized spacial score (nSPS) is 21.3. The Morgan fingerprint density at radius 3 is 1.87 bits per heavy atom. The van der Waals surface area contributed by atoms with E-state index in [1.54, 1.807) is 13.8 Å². The van der Waals surface area contributed by atoms with Gasteiger partial charge in [0, 0.05) is 11.1 Å². The maximum Gasteiger partial charge on any atom is 0.363 e. The lowest BCUT2D eigenvalue weighted by atomic mass is 9.71. The Labute approximate surface area is 188 Å². The van der Waals surface area contributed by atoms with E-state index in [1.807, 2.05) is 0 Å². The van der Waals surface area contributed by atoms with E-state index in [4.69, 9.17) is 14.2 Å². The molecule has 1 aliphatic heterocycles. The Hall–Kier alpha value is -1.63. The summed E-state index contributed by atoms with van der Waals surface area (Å²) in [6.45, 7) is 16.7. The maximum absolute atomic E-state index is 13.8. The lowest BCUT2D eigenvalue weighted by Gasteiger charge is -2.50. The zero-order valence-corrected chi connectivity index (χ0v) is 21.5. The van der Waals surface area contributed by atoms with Crippen LogP contribution in [0.5, 0.6) is 0 Å². The molecule has 0 aromatic heterocycles. The number of carbonyl (C=O) groups is 3. The average molecular weight is 453 g/mol. The number of hydrogen-bond acceptors (Lipinski definition) is 6. The van der Waals surface area contributed by atoms with E-state index in [0.717, 1.165) is 23.6 Å². The van der Waals surface area contributed by atoms with E-state index in [1.165, 1.54) is 0 Å². The number of rotatable bonds is 8. The molecule has 7 heteroatoms. The van der Waals surface area contributed by atoms with Crippen LogP contribution in [-0.4, -0.2) is 44.8 Å². The van der Waals surface area contributed by atoms with Crippen LogP contribution in [-0.2, 0) is 28.6 Å². The molecule has 176 valence electrons. The fourth-order valence-electron chi connectivity index (χ4n) is 6.41. The summed E-state index contributed by atoms with van der Waals surface area (Å²) in [6, 6.07) is 0. The van der Waals surface area contributed by atoms with Crippen LogP contribution in [0.2, 0.25) is 16.6 Å². The molecule has 1 unspecified atom stereocenters. The first-order chi connectivity index (χ1) is 14.5. The first-order valence-electron chi connectivity index (χ1n) is 11.8. The van der Waals surface area contributed by atoms with Crippen molar-refractivity contribution >= 4 is 26.0 Å². The molecule has 0 aromatic rings. The van der Waals surface area contributed by atoms with Gasteiger partial charge in [-0.2, -0.15) is 0 Å². The summed E-state index contributed by atoms with van der Waals surface area (Å²) in [7, 11) is -2.37. The fraction of sp³-hybridized carbons (Fsp3) is 0.792. The Morgan fingerprint density at radius 1 is 0.968 bits per heavy atom. The molecule has 6 nitrogen and oxygen atoms in total. The molecule has 0 amide bonds. The molecule has 1 heterocycles. The minimum Gasteiger partial charge on any atom is -0.463 e. The smallest absolute Gasteiger partial charge is 0.363 e. The Bertz CT molecular complexity index is 697. The number of cyclic esters (lactones) is 1. The molecule has 0 aromatic carbocycles. The number of carbonyl (C=O) groups excluding carboxylic acids is 3. The van der Waals surface area contributed by atoms with Crippen LogP contribution < -0.4 is 0 Å². The summed E-state index contributed by atoms with van der Waals surface area (Å²) in [6.07, 6.45) is 3.10. The third-order valence-electron chi connectivity index (χ3n) is 7.34. The van der Waals surface area contributed by atoms with Crippen molar-refractivity contribution in [3.05, 3.63) is 10.8 Å². The summed E-state index contributed by atoms with van der Waals surface area (Å²) in [5.41, 5.74) is -0.159. The van der Waals surface area contributed by atoms with Gasteiger partial charge in [-0.05, 0) is 49.7 Å². The molecule has 1 saturated carbocycles. The van der Waals surface area contributed by atoms with Gasteiger partial charge < -0.3 is 14.2 Å². The Morgan fingerprint density at radius 2 is 1.45 bits per heavy atom. The number of fused-ring (bicyclic) bond motifs is 1. The Kier molecular flexibility index (Phi) is 8.17. The molecule has 0 radical (unpaired) electrons. The monoisotopic (exact) mass is 452 g/mol. The summed E-state index contributed by atoms with van der Waals surface area (Å²) >= 11 is 0. The summed E-state index contributed by atoms with van der Waals surface area (Å²) in [5.74, 6) is -2.65. The standard InChI is InChI=1S/C24H40O6Si/c1-9-28-22(26)24(23(27)29-10-2)19-14-12-11-13-18(19)20(21(25)30-24)31(15(3)4,16(5)6)17(7)8/h15-17,19H,9-14H2,1-8H3. The summed E-state index contributed by atoms with van der Waals surface area (Å²) in [5, 5.41) is 0.807. The molecule has 2 aliphatic rings. The number of hydrogen-bond donors (Lipinski definition) is 0. The minimum absolute atomic E-state index is 0.0961. The third-order valence-corrected chi connectivity index (χ3v) is 14.5. The van der Waals surface area contributed by atoms with Crippen molar-refractivity contribution in [2.75, 3.05) is 13.2 Å². The van der Waals surface area contributed by atoms with Crippen molar-refractivity contribution in [2.24, 2.45) is 5.92 Å². The third kappa shape index (κ3) is 3.98. The van der Waals surface area contributed by atoms with E-state index in [9.17, 15) is 14.4 Å². The SMILES string of the molecule is CCOC(=O)C1(C(=O)OCC)OC(=O)C([Si](C(C)C)(C(C)C)C(C)C)=C2CCCCC21. The molecule has 0 saturated heterocycles. The topological polar surface area (TPSA) is 78.9 Å². The van der Waals surface area contributed by atoms with Gasteiger partial charge in [0.05, 0.1) is 13.2 Å². The van der Waals surface area contributed by atoms with Crippen molar-refractivity contribution in [3.8, 4) is 0 Å². The predicted octanol–water partition coefficient (Wildman–Crippen LogP) is 5.11. The van der Waals surface area contributed by atoms with E-state index in [0.29, 0.717) is 29.5 Å². The lowest BCUT2D eigenvalue weighted by Crippen LogP contribution is -2.63. The quantitative estimate of drug-likeness (QED) is 0.220. The van der Waals surface area contributed by atoms with Crippen LogP contribution >= 0.6 is 0 Å². The molecule has 1 aliphatic carbocycles. The molecule has 31 heavy (non-hydrogen) atoms. The second-order valence-corrected chi connectivity index (χ2v) is 15.5. The van der Waals surface area contributed by atoms with Crippen molar-refractivity contribution < 1.29 is 28.6 Å². The van der Waals surface area contributed by atoms with E-state index in [2.05, 4.69) is 41.5 Å². The van der Waals surface area contributed by atoms with Gasteiger partial charge in [-0.25, -0.2) is 14.4 Å². The maximum atomic E-state index is 13.8. The predicted molar refractivity (Wildman–Crippen MR) is 122 cm³/mol. The van der Waals surface area contributed by atoms with Gasteiger partial charge in [-0.3, -0.25) is 0 Å². The Balaban J connectivity index is 2.85. The molecular weight excluding hydrogens is 412 g/mol. The van der Waals surface area contributed by atoms with Crippen molar-refractivity contribution in [2.45, 2.75) is 103 Å². The van der Waals surface area contributed by atoms with E-state index < -0.39 is 37.5 Å². The lowest BCUT2D eigenvalue weighted by molar-refractivity contribution is -0.203. The molecule has 1 fully saturated rings. The van der Waals surface area contributed by atoms with Crippen LogP contribution in [0.4, 0.5) is 0 Å². The second-order valence-electron chi connectivity index (χ2n) is 9.66. The molecule has 0 spiro atoms. The van der Waals surface area contributed by atoms with E-state index >= 15 is 0 Å². The van der Waals surface area contributed by atoms with Gasteiger partial charge in [0.1, 0.15) is 8.07 Å². The highest BCUT2D eigenvalue weighted by molar-refractivity contribution is 6.93. The van der Waals surface area contributed by atoms with Gasteiger partial charge in [-0.15, -0.1) is 0 Å². The van der Waals surface area contributed by atoms with Crippen LogP contribution in [0.1, 0.15) is 81.1 Å². The zero-order valence-electron chi connectivity index (χ0n) is 20.5. The van der Waals surface area contributed by atoms with Crippen molar-refractivity contribution in [3.63, 3.8) is 0 Å². The van der Waals surface area contributed by atoms with Crippen LogP contribution in [0.15, 0.2) is 10.8 Å².